The van der Waals surface area contributed by atoms with E-state index in [0.29, 0.717) is 28.7 Å². The first-order valence-corrected chi connectivity index (χ1v) is 13.8. The smallest absolute Gasteiger partial charge is 0.140 e. The second-order valence-electron chi connectivity index (χ2n) is 9.37. The number of halogens is 3. The van der Waals surface area contributed by atoms with E-state index in [2.05, 4.69) is 35.4 Å². The molecule has 1 heterocycles. The minimum Gasteiger partial charge on any atom is -0.326 e. The van der Waals surface area contributed by atoms with Crippen LogP contribution in [-0.2, 0) is 19.6 Å². The Bertz CT molecular complexity index is 1270. The SMILES string of the molecule is CCCCN(Cc1c(F)cccc1Cl)Cc1c(-c2ccc(Cl)cc2)nc(-c2ccccc2)n1CCCC. The number of hydrogen-bond acceptors (Lipinski definition) is 2. The standard InChI is InChI=1S/C31H34Cl2FN3/c1-3-5-19-36(21-26-27(33)13-10-14-28(26)34)22-29-30(23-15-17-25(32)18-16-23)35-31(37(29)20-6-4-2)24-11-8-7-9-12-24/h7-18H,3-6,19-22H2,1-2H3. The maximum Gasteiger partial charge on any atom is 0.140 e. The van der Waals surface area contributed by atoms with E-state index in [4.69, 9.17) is 28.2 Å². The van der Waals surface area contributed by atoms with Crippen molar-refractivity contribution in [3.8, 4) is 22.6 Å². The Balaban J connectivity index is 1.83. The molecule has 0 aliphatic rings. The van der Waals surface area contributed by atoms with Crippen LogP contribution in [0.1, 0.15) is 50.8 Å². The molecule has 6 heteroatoms. The van der Waals surface area contributed by atoms with Gasteiger partial charge in [0.05, 0.1) is 11.4 Å². The van der Waals surface area contributed by atoms with Crippen LogP contribution in [0, 0.1) is 5.82 Å². The maximum atomic E-state index is 14.8. The molecule has 4 rings (SSSR count). The van der Waals surface area contributed by atoms with Crippen LogP contribution in [0.4, 0.5) is 4.39 Å². The number of unbranched alkanes of at least 4 members (excludes halogenated alkanes) is 2. The van der Waals surface area contributed by atoms with E-state index in [9.17, 15) is 4.39 Å². The number of hydrogen-bond donors (Lipinski definition) is 0. The molecule has 0 radical (unpaired) electrons. The van der Waals surface area contributed by atoms with Crippen LogP contribution >= 0.6 is 23.2 Å². The molecule has 0 aliphatic heterocycles. The molecule has 0 spiro atoms. The van der Waals surface area contributed by atoms with Gasteiger partial charge in [0, 0.05) is 46.4 Å². The molecule has 0 saturated carbocycles. The fourth-order valence-corrected chi connectivity index (χ4v) is 4.91. The van der Waals surface area contributed by atoms with Crippen LogP contribution in [0.25, 0.3) is 22.6 Å². The number of aromatic nitrogens is 2. The van der Waals surface area contributed by atoms with Crippen LogP contribution in [0.15, 0.2) is 72.8 Å². The van der Waals surface area contributed by atoms with E-state index in [1.54, 1.807) is 12.1 Å². The summed E-state index contributed by atoms with van der Waals surface area (Å²) in [5, 5.41) is 1.15. The fourth-order valence-electron chi connectivity index (χ4n) is 4.56. The van der Waals surface area contributed by atoms with Gasteiger partial charge in [-0.25, -0.2) is 9.37 Å². The van der Waals surface area contributed by atoms with Crippen molar-refractivity contribution in [1.29, 1.82) is 0 Å². The highest BCUT2D eigenvalue weighted by molar-refractivity contribution is 6.31. The average molecular weight is 539 g/mol. The van der Waals surface area contributed by atoms with Gasteiger partial charge in [0.15, 0.2) is 0 Å². The largest absolute Gasteiger partial charge is 0.326 e. The highest BCUT2D eigenvalue weighted by atomic mass is 35.5. The highest BCUT2D eigenvalue weighted by Crippen LogP contribution is 2.32. The number of nitrogens with zero attached hydrogens (tertiary/aromatic N) is 3. The van der Waals surface area contributed by atoms with Crippen molar-refractivity contribution in [3.63, 3.8) is 0 Å². The van der Waals surface area contributed by atoms with E-state index in [0.717, 1.165) is 67.1 Å². The molecular formula is C31H34Cl2FN3. The molecule has 0 aliphatic carbocycles. The lowest BCUT2D eigenvalue weighted by atomic mass is 10.1. The second-order valence-corrected chi connectivity index (χ2v) is 10.2. The first kappa shape index (κ1) is 27.4. The number of benzene rings is 3. The summed E-state index contributed by atoms with van der Waals surface area (Å²) in [6.07, 6.45) is 4.18. The van der Waals surface area contributed by atoms with Crippen LogP contribution in [0.2, 0.25) is 10.0 Å². The zero-order valence-electron chi connectivity index (χ0n) is 21.6. The van der Waals surface area contributed by atoms with Crippen molar-refractivity contribution in [2.45, 2.75) is 59.2 Å². The Kier molecular flexibility index (Phi) is 9.79. The summed E-state index contributed by atoms with van der Waals surface area (Å²) in [4.78, 5) is 7.49. The van der Waals surface area contributed by atoms with E-state index in [1.807, 2.05) is 42.5 Å². The van der Waals surface area contributed by atoms with Crippen molar-refractivity contribution >= 4 is 23.2 Å². The lowest BCUT2D eigenvalue weighted by molar-refractivity contribution is 0.243. The third kappa shape index (κ3) is 6.81. The zero-order chi connectivity index (χ0) is 26.2. The Hall–Kier alpha value is -2.66. The normalized spacial score (nSPS) is 11.4. The Morgan fingerprint density at radius 3 is 2.22 bits per heavy atom. The molecule has 3 aromatic carbocycles. The van der Waals surface area contributed by atoms with Crippen molar-refractivity contribution in [1.82, 2.24) is 14.5 Å². The van der Waals surface area contributed by atoms with Crippen LogP contribution < -0.4 is 0 Å². The van der Waals surface area contributed by atoms with Crippen molar-refractivity contribution in [3.05, 3.63) is 99.9 Å². The van der Waals surface area contributed by atoms with Gasteiger partial charge in [-0.3, -0.25) is 4.90 Å². The summed E-state index contributed by atoms with van der Waals surface area (Å²) < 4.78 is 17.1. The van der Waals surface area contributed by atoms with Gasteiger partial charge >= 0.3 is 0 Å². The van der Waals surface area contributed by atoms with Gasteiger partial charge in [0.1, 0.15) is 11.6 Å². The average Bonchev–Trinajstić information content (AvgIpc) is 3.26. The molecule has 3 nitrogen and oxygen atoms in total. The minimum atomic E-state index is -0.267. The zero-order valence-corrected chi connectivity index (χ0v) is 23.1. The summed E-state index contributed by atoms with van der Waals surface area (Å²) >= 11 is 12.7. The quantitative estimate of drug-likeness (QED) is 0.179. The van der Waals surface area contributed by atoms with E-state index in [1.165, 1.54) is 6.07 Å². The Labute approximate surface area is 229 Å². The summed E-state index contributed by atoms with van der Waals surface area (Å²) in [5.41, 5.74) is 4.70. The molecule has 37 heavy (non-hydrogen) atoms. The Morgan fingerprint density at radius 2 is 1.54 bits per heavy atom. The molecule has 1 aromatic heterocycles. The lowest BCUT2D eigenvalue weighted by Gasteiger charge is -2.25. The van der Waals surface area contributed by atoms with Crippen molar-refractivity contribution < 1.29 is 4.39 Å². The van der Waals surface area contributed by atoms with Gasteiger partial charge in [-0.15, -0.1) is 0 Å². The van der Waals surface area contributed by atoms with Crippen LogP contribution in [-0.4, -0.2) is 21.0 Å². The van der Waals surface area contributed by atoms with Gasteiger partial charge in [0.25, 0.3) is 0 Å². The number of rotatable bonds is 12. The van der Waals surface area contributed by atoms with E-state index in [-0.39, 0.29) is 5.82 Å². The highest BCUT2D eigenvalue weighted by Gasteiger charge is 2.23. The molecule has 0 unspecified atom stereocenters. The fraction of sp³-hybridized carbons (Fsp3) is 0.323. The minimum absolute atomic E-state index is 0.267. The third-order valence-electron chi connectivity index (χ3n) is 6.60. The predicted octanol–water partition coefficient (Wildman–Crippen LogP) is 9.27. The van der Waals surface area contributed by atoms with Crippen molar-refractivity contribution in [2.75, 3.05) is 6.54 Å². The molecule has 194 valence electrons. The molecule has 0 amide bonds. The summed E-state index contributed by atoms with van der Waals surface area (Å²) in [5.74, 6) is 0.685. The second kappa shape index (κ2) is 13.2. The summed E-state index contributed by atoms with van der Waals surface area (Å²) in [6.45, 7) is 7.13. The molecule has 0 bridgehead atoms. The first-order valence-electron chi connectivity index (χ1n) is 13.1. The van der Waals surface area contributed by atoms with E-state index >= 15 is 0 Å². The molecule has 0 saturated heterocycles. The van der Waals surface area contributed by atoms with Gasteiger partial charge in [-0.05, 0) is 43.7 Å². The van der Waals surface area contributed by atoms with Gasteiger partial charge < -0.3 is 4.57 Å². The summed E-state index contributed by atoms with van der Waals surface area (Å²) in [6, 6.07) is 23.1. The van der Waals surface area contributed by atoms with E-state index < -0.39 is 0 Å². The van der Waals surface area contributed by atoms with Gasteiger partial charge in [0.2, 0.25) is 0 Å². The van der Waals surface area contributed by atoms with Crippen LogP contribution in [0.5, 0.6) is 0 Å². The molecule has 4 aromatic rings. The molecule has 0 N–H and O–H groups in total. The first-order chi connectivity index (χ1) is 18.0. The predicted molar refractivity (Wildman–Crippen MR) is 153 cm³/mol. The lowest BCUT2D eigenvalue weighted by Crippen LogP contribution is -2.26. The Morgan fingerprint density at radius 1 is 0.811 bits per heavy atom. The molecule has 0 fully saturated rings. The summed E-state index contributed by atoms with van der Waals surface area (Å²) in [7, 11) is 0. The van der Waals surface area contributed by atoms with Gasteiger partial charge in [-0.2, -0.15) is 0 Å². The van der Waals surface area contributed by atoms with Gasteiger partial charge in [-0.1, -0.05) is 98.4 Å². The van der Waals surface area contributed by atoms with Crippen LogP contribution in [0.3, 0.4) is 0 Å². The number of imidazole rings is 1. The monoisotopic (exact) mass is 537 g/mol. The molecule has 0 atom stereocenters. The van der Waals surface area contributed by atoms with Crippen molar-refractivity contribution in [2.24, 2.45) is 0 Å². The molecular weight excluding hydrogens is 504 g/mol. The topological polar surface area (TPSA) is 21.1 Å². The maximum absolute atomic E-state index is 14.8. The third-order valence-corrected chi connectivity index (χ3v) is 7.21.